The highest BCUT2D eigenvalue weighted by Crippen LogP contribution is 2.34. The molecule has 0 amide bonds. The highest BCUT2D eigenvalue weighted by atomic mass is 16.3. The van der Waals surface area contributed by atoms with Gasteiger partial charge in [-0.2, -0.15) is 5.10 Å². The summed E-state index contributed by atoms with van der Waals surface area (Å²) in [6.07, 6.45) is 4.08. The average Bonchev–Trinajstić information content (AvgIpc) is 3.00. The van der Waals surface area contributed by atoms with Crippen LogP contribution in [0.2, 0.25) is 0 Å². The zero-order chi connectivity index (χ0) is 11.7. The maximum absolute atomic E-state index is 9.89. The fourth-order valence-corrected chi connectivity index (χ4v) is 2.41. The normalized spacial score (nSPS) is 19.6. The maximum Gasteiger partial charge on any atom is 0.123 e. The van der Waals surface area contributed by atoms with Crippen molar-refractivity contribution in [2.75, 3.05) is 6.54 Å². The molecule has 1 saturated heterocycles. The van der Waals surface area contributed by atoms with E-state index in [4.69, 9.17) is 0 Å². The summed E-state index contributed by atoms with van der Waals surface area (Å²) in [5.41, 5.74) is 2.90. The second kappa shape index (κ2) is 4.22. The molecule has 1 aliphatic rings. The maximum atomic E-state index is 9.89. The van der Waals surface area contributed by atoms with Gasteiger partial charge in [-0.3, -0.25) is 5.10 Å². The molecular formula is C13H15N3O. The second-order valence-corrected chi connectivity index (χ2v) is 4.36. The summed E-state index contributed by atoms with van der Waals surface area (Å²) < 4.78 is 0. The molecule has 3 rings (SSSR count). The molecule has 1 aliphatic heterocycles. The van der Waals surface area contributed by atoms with Gasteiger partial charge in [0.05, 0.1) is 11.9 Å². The molecule has 2 heterocycles. The molecule has 1 unspecified atom stereocenters. The largest absolute Gasteiger partial charge is 0.507 e. The Kier molecular flexibility index (Phi) is 2.57. The van der Waals surface area contributed by atoms with Crippen LogP contribution in [0.4, 0.5) is 0 Å². The Morgan fingerprint density at radius 1 is 1.24 bits per heavy atom. The van der Waals surface area contributed by atoms with E-state index in [2.05, 4.69) is 15.5 Å². The van der Waals surface area contributed by atoms with E-state index >= 15 is 0 Å². The molecular weight excluding hydrogens is 214 g/mol. The molecule has 2 aromatic rings. The van der Waals surface area contributed by atoms with Crippen LogP contribution in [0.15, 0.2) is 30.5 Å². The molecule has 17 heavy (non-hydrogen) atoms. The van der Waals surface area contributed by atoms with Gasteiger partial charge in [-0.1, -0.05) is 18.2 Å². The third-order valence-electron chi connectivity index (χ3n) is 3.27. The third-order valence-corrected chi connectivity index (χ3v) is 3.27. The van der Waals surface area contributed by atoms with Crippen molar-refractivity contribution < 1.29 is 5.11 Å². The Labute approximate surface area is 99.7 Å². The molecule has 0 bridgehead atoms. The number of nitrogens with one attached hydrogen (secondary N) is 2. The van der Waals surface area contributed by atoms with Crippen molar-refractivity contribution >= 4 is 0 Å². The summed E-state index contributed by atoms with van der Waals surface area (Å²) in [4.78, 5) is 0. The number of hydrogen-bond acceptors (Lipinski definition) is 3. The number of phenolic OH excluding ortho intramolecular Hbond substituents is 1. The van der Waals surface area contributed by atoms with Crippen LogP contribution in [-0.2, 0) is 0 Å². The predicted octanol–water partition coefficient (Wildman–Crippen LogP) is 2.21. The van der Waals surface area contributed by atoms with E-state index in [1.165, 1.54) is 6.42 Å². The Hall–Kier alpha value is -1.81. The molecule has 1 aromatic heterocycles. The molecule has 4 heteroatoms. The van der Waals surface area contributed by atoms with E-state index in [-0.39, 0.29) is 0 Å². The van der Waals surface area contributed by atoms with Crippen LogP contribution < -0.4 is 5.32 Å². The van der Waals surface area contributed by atoms with Gasteiger partial charge in [0.1, 0.15) is 5.75 Å². The van der Waals surface area contributed by atoms with Crippen molar-refractivity contribution in [1.82, 2.24) is 15.5 Å². The zero-order valence-electron chi connectivity index (χ0n) is 9.48. The summed E-state index contributed by atoms with van der Waals surface area (Å²) in [7, 11) is 0. The summed E-state index contributed by atoms with van der Waals surface area (Å²) in [6, 6.07) is 7.69. The fraction of sp³-hybridized carbons (Fsp3) is 0.308. The molecule has 4 nitrogen and oxygen atoms in total. The quantitative estimate of drug-likeness (QED) is 0.740. The van der Waals surface area contributed by atoms with E-state index in [0.717, 1.165) is 29.8 Å². The molecule has 1 aromatic carbocycles. The van der Waals surface area contributed by atoms with Crippen LogP contribution >= 0.6 is 0 Å². The first kappa shape index (κ1) is 10.4. The number of rotatable bonds is 2. The lowest BCUT2D eigenvalue weighted by atomic mass is 10.0. The lowest BCUT2D eigenvalue weighted by molar-refractivity contribution is 0.477. The van der Waals surface area contributed by atoms with E-state index in [9.17, 15) is 5.11 Å². The molecule has 1 fully saturated rings. The number of benzene rings is 1. The molecule has 88 valence electrons. The van der Waals surface area contributed by atoms with E-state index in [0.29, 0.717) is 11.8 Å². The van der Waals surface area contributed by atoms with Gasteiger partial charge in [-0.05, 0) is 25.5 Å². The van der Waals surface area contributed by atoms with Gasteiger partial charge >= 0.3 is 0 Å². The lowest BCUT2D eigenvalue weighted by Crippen LogP contribution is -2.14. The molecule has 0 saturated carbocycles. The first-order valence-electron chi connectivity index (χ1n) is 5.91. The lowest BCUT2D eigenvalue weighted by Gasteiger charge is -2.11. The van der Waals surface area contributed by atoms with Crippen molar-refractivity contribution in [2.24, 2.45) is 0 Å². The van der Waals surface area contributed by atoms with Gasteiger partial charge in [0.2, 0.25) is 0 Å². The molecule has 1 atom stereocenters. The van der Waals surface area contributed by atoms with Crippen LogP contribution in [-0.4, -0.2) is 21.8 Å². The number of aromatic hydroxyl groups is 1. The van der Waals surface area contributed by atoms with Gasteiger partial charge < -0.3 is 10.4 Å². The number of para-hydroxylation sites is 1. The third kappa shape index (κ3) is 1.80. The summed E-state index contributed by atoms with van der Waals surface area (Å²) >= 11 is 0. The smallest absolute Gasteiger partial charge is 0.123 e. The monoisotopic (exact) mass is 229 g/mol. The van der Waals surface area contributed by atoms with E-state index in [1.54, 1.807) is 12.3 Å². The number of hydrogen-bond donors (Lipinski definition) is 3. The molecule has 0 aliphatic carbocycles. The van der Waals surface area contributed by atoms with Crippen molar-refractivity contribution in [2.45, 2.75) is 18.9 Å². The van der Waals surface area contributed by atoms with Crippen molar-refractivity contribution in [3.05, 3.63) is 36.2 Å². The Balaban J connectivity index is 2.04. The average molecular weight is 229 g/mol. The van der Waals surface area contributed by atoms with Crippen molar-refractivity contribution in [3.63, 3.8) is 0 Å². The SMILES string of the molecule is Oc1ccccc1-c1cn[nH]c1C1CCCN1. The predicted molar refractivity (Wildman–Crippen MR) is 65.7 cm³/mol. The molecule has 0 spiro atoms. The number of phenols is 1. The first-order valence-corrected chi connectivity index (χ1v) is 5.91. The summed E-state index contributed by atoms with van der Waals surface area (Å²) in [6.45, 7) is 1.05. The van der Waals surface area contributed by atoms with Gasteiger partial charge in [0.15, 0.2) is 0 Å². The minimum absolute atomic E-state index is 0.299. The number of nitrogens with zero attached hydrogens (tertiary/aromatic N) is 1. The number of aromatic nitrogens is 2. The van der Waals surface area contributed by atoms with Gasteiger partial charge in [-0.15, -0.1) is 0 Å². The van der Waals surface area contributed by atoms with Crippen LogP contribution in [0.5, 0.6) is 5.75 Å². The van der Waals surface area contributed by atoms with E-state index in [1.807, 2.05) is 18.2 Å². The minimum atomic E-state index is 0.299. The summed E-state index contributed by atoms with van der Waals surface area (Å²) in [5.74, 6) is 0.299. The number of H-pyrrole nitrogens is 1. The van der Waals surface area contributed by atoms with Crippen molar-refractivity contribution in [1.29, 1.82) is 0 Å². The van der Waals surface area contributed by atoms with Gasteiger partial charge in [0.25, 0.3) is 0 Å². The second-order valence-electron chi connectivity index (χ2n) is 4.36. The van der Waals surface area contributed by atoms with Crippen LogP contribution in [0.1, 0.15) is 24.6 Å². The standard InChI is InChI=1S/C13H15N3O/c17-12-6-2-1-4-9(12)10-8-15-16-13(10)11-5-3-7-14-11/h1-2,4,6,8,11,14,17H,3,5,7H2,(H,15,16). The summed E-state index contributed by atoms with van der Waals surface area (Å²) in [5, 5.41) is 20.5. The Bertz CT molecular complexity index is 515. The highest BCUT2D eigenvalue weighted by molar-refractivity contribution is 5.71. The number of aromatic amines is 1. The fourth-order valence-electron chi connectivity index (χ4n) is 2.41. The van der Waals surface area contributed by atoms with Gasteiger partial charge in [-0.25, -0.2) is 0 Å². The Morgan fingerprint density at radius 2 is 2.12 bits per heavy atom. The van der Waals surface area contributed by atoms with Crippen LogP contribution in [0.25, 0.3) is 11.1 Å². The Morgan fingerprint density at radius 3 is 2.88 bits per heavy atom. The molecule has 3 N–H and O–H groups in total. The van der Waals surface area contributed by atoms with Crippen LogP contribution in [0.3, 0.4) is 0 Å². The topological polar surface area (TPSA) is 60.9 Å². The van der Waals surface area contributed by atoms with Crippen LogP contribution in [0, 0.1) is 0 Å². The first-order chi connectivity index (χ1) is 8.36. The minimum Gasteiger partial charge on any atom is -0.507 e. The molecule has 0 radical (unpaired) electrons. The van der Waals surface area contributed by atoms with Crippen molar-refractivity contribution in [3.8, 4) is 16.9 Å². The van der Waals surface area contributed by atoms with E-state index < -0.39 is 0 Å². The highest BCUT2D eigenvalue weighted by Gasteiger charge is 2.22. The van der Waals surface area contributed by atoms with Gasteiger partial charge in [0, 0.05) is 17.2 Å². The zero-order valence-corrected chi connectivity index (χ0v) is 9.48.